The summed E-state index contributed by atoms with van der Waals surface area (Å²) in [5.41, 5.74) is 5.94. The Kier molecular flexibility index (Phi) is 4.61. The lowest BCUT2D eigenvalue weighted by Gasteiger charge is -2.09. The van der Waals surface area contributed by atoms with E-state index in [0.29, 0.717) is 11.3 Å². The van der Waals surface area contributed by atoms with E-state index in [1.165, 1.54) is 25.1 Å². The number of ether oxygens (including phenoxy) is 1. The molecule has 0 bridgehead atoms. The van der Waals surface area contributed by atoms with E-state index >= 15 is 0 Å². The molecule has 0 unspecified atom stereocenters. The van der Waals surface area contributed by atoms with Gasteiger partial charge in [0.15, 0.2) is 0 Å². The SMILES string of the molecule is Cc1cc(N)ccc1C(=O)OC(F)(F)F.Cl. The third kappa shape index (κ3) is 3.98. The Hall–Kier alpha value is -1.43. The molecule has 0 radical (unpaired) electrons. The zero-order chi connectivity index (χ0) is 11.6. The molecule has 2 N–H and O–H groups in total. The van der Waals surface area contributed by atoms with Gasteiger partial charge in [-0.25, -0.2) is 4.79 Å². The highest BCUT2D eigenvalue weighted by molar-refractivity contribution is 5.91. The first kappa shape index (κ1) is 14.6. The molecule has 1 aromatic carbocycles. The summed E-state index contributed by atoms with van der Waals surface area (Å²) < 4.78 is 38.5. The van der Waals surface area contributed by atoms with Crippen LogP contribution in [0.15, 0.2) is 18.2 Å². The number of halogens is 4. The number of hydrogen-bond acceptors (Lipinski definition) is 3. The van der Waals surface area contributed by atoms with Crippen LogP contribution in [0.4, 0.5) is 18.9 Å². The largest absolute Gasteiger partial charge is 0.575 e. The normalized spacial score (nSPS) is 10.5. The van der Waals surface area contributed by atoms with Crippen molar-refractivity contribution in [1.29, 1.82) is 0 Å². The highest BCUT2D eigenvalue weighted by Gasteiger charge is 2.34. The second-order valence-corrected chi connectivity index (χ2v) is 2.91. The fourth-order valence-electron chi connectivity index (χ4n) is 1.08. The Morgan fingerprint density at radius 3 is 2.38 bits per heavy atom. The quantitative estimate of drug-likeness (QED) is 0.620. The summed E-state index contributed by atoms with van der Waals surface area (Å²) in [6.45, 7) is 1.48. The topological polar surface area (TPSA) is 52.3 Å². The molecule has 1 aromatic rings. The van der Waals surface area contributed by atoms with E-state index in [4.69, 9.17) is 5.73 Å². The Balaban J connectivity index is 0.00000225. The Morgan fingerprint density at radius 1 is 1.38 bits per heavy atom. The summed E-state index contributed by atoms with van der Waals surface area (Å²) in [5.74, 6) is -1.43. The van der Waals surface area contributed by atoms with Gasteiger partial charge >= 0.3 is 12.3 Å². The van der Waals surface area contributed by atoms with E-state index in [9.17, 15) is 18.0 Å². The molecule has 1 rings (SSSR count). The number of esters is 1. The molecule has 0 aliphatic heterocycles. The highest BCUT2D eigenvalue weighted by Crippen LogP contribution is 2.21. The van der Waals surface area contributed by atoms with Crippen molar-refractivity contribution in [1.82, 2.24) is 0 Å². The van der Waals surface area contributed by atoms with Crippen LogP contribution in [0.2, 0.25) is 0 Å². The lowest BCUT2D eigenvalue weighted by molar-refractivity contribution is -0.291. The molecule has 0 saturated heterocycles. The smallest absolute Gasteiger partial charge is 0.399 e. The van der Waals surface area contributed by atoms with Gasteiger partial charge in [-0.15, -0.1) is 25.6 Å². The summed E-state index contributed by atoms with van der Waals surface area (Å²) in [6.07, 6.45) is -4.97. The van der Waals surface area contributed by atoms with Crippen molar-refractivity contribution in [2.45, 2.75) is 13.3 Å². The van der Waals surface area contributed by atoms with Gasteiger partial charge in [-0.3, -0.25) is 0 Å². The second-order valence-electron chi connectivity index (χ2n) is 2.91. The van der Waals surface area contributed by atoms with Crippen molar-refractivity contribution < 1.29 is 22.7 Å². The van der Waals surface area contributed by atoms with Crippen LogP contribution >= 0.6 is 12.4 Å². The molecule has 3 nitrogen and oxygen atoms in total. The number of rotatable bonds is 1. The highest BCUT2D eigenvalue weighted by atomic mass is 35.5. The monoisotopic (exact) mass is 255 g/mol. The molecule has 0 amide bonds. The summed E-state index contributed by atoms with van der Waals surface area (Å²) in [5, 5.41) is 0. The first-order valence-electron chi connectivity index (χ1n) is 3.96. The number of nitrogens with two attached hydrogens (primary N) is 1. The molecular weight excluding hydrogens is 247 g/mol. The molecule has 0 aliphatic carbocycles. The van der Waals surface area contributed by atoms with Crippen LogP contribution in [0, 0.1) is 6.92 Å². The number of hydrogen-bond donors (Lipinski definition) is 1. The molecular formula is C9H9ClF3NO2. The van der Waals surface area contributed by atoms with Gasteiger partial charge in [-0.05, 0) is 30.7 Å². The molecule has 0 atom stereocenters. The third-order valence-corrected chi connectivity index (χ3v) is 1.68. The Morgan fingerprint density at radius 2 is 1.94 bits per heavy atom. The van der Waals surface area contributed by atoms with Crippen LogP contribution in [0.1, 0.15) is 15.9 Å². The van der Waals surface area contributed by atoms with Gasteiger partial charge in [0.2, 0.25) is 0 Å². The summed E-state index contributed by atoms with van der Waals surface area (Å²) >= 11 is 0. The zero-order valence-corrected chi connectivity index (χ0v) is 8.98. The third-order valence-electron chi connectivity index (χ3n) is 1.68. The maximum atomic E-state index is 11.7. The van der Waals surface area contributed by atoms with E-state index in [1.54, 1.807) is 0 Å². The van der Waals surface area contributed by atoms with Crippen LogP contribution in [0.25, 0.3) is 0 Å². The molecule has 16 heavy (non-hydrogen) atoms. The number of alkyl halides is 3. The van der Waals surface area contributed by atoms with Crippen molar-refractivity contribution in [2.24, 2.45) is 0 Å². The Bertz CT molecular complexity index is 393. The van der Waals surface area contributed by atoms with Crippen LogP contribution in [0.3, 0.4) is 0 Å². The first-order chi connectivity index (χ1) is 6.79. The molecule has 0 spiro atoms. The predicted octanol–water partition coefficient (Wildman–Crippen LogP) is 2.68. The number of aryl methyl sites for hydroxylation is 1. The minimum absolute atomic E-state index is 0. The van der Waals surface area contributed by atoms with Gasteiger partial charge in [-0.2, -0.15) is 0 Å². The van der Waals surface area contributed by atoms with Gasteiger partial charge in [-0.1, -0.05) is 0 Å². The van der Waals surface area contributed by atoms with Gasteiger partial charge in [0.1, 0.15) is 0 Å². The van der Waals surface area contributed by atoms with Gasteiger partial charge in [0, 0.05) is 5.69 Å². The summed E-state index contributed by atoms with van der Waals surface area (Å²) in [7, 11) is 0. The Labute approximate surface area is 95.8 Å². The minimum Gasteiger partial charge on any atom is -0.399 e. The van der Waals surface area contributed by atoms with Crippen molar-refractivity contribution in [3.05, 3.63) is 29.3 Å². The van der Waals surface area contributed by atoms with Gasteiger partial charge < -0.3 is 10.5 Å². The number of carbonyl (C=O) groups is 1. The van der Waals surface area contributed by atoms with E-state index in [1.807, 2.05) is 0 Å². The molecule has 90 valence electrons. The maximum Gasteiger partial charge on any atom is 0.575 e. The van der Waals surface area contributed by atoms with E-state index < -0.39 is 12.3 Å². The molecule has 0 aliphatic rings. The van der Waals surface area contributed by atoms with Crippen LogP contribution in [-0.4, -0.2) is 12.3 Å². The minimum atomic E-state index is -4.97. The standard InChI is InChI=1S/C9H8F3NO2.ClH/c1-5-4-6(13)2-3-7(5)8(14)15-9(10,11)12;/h2-4H,13H2,1H3;1H. The zero-order valence-electron chi connectivity index (χ0n) is 8.17. The molecule has 0 fully saturated rings. The van der Waals surface area contributed by atoms with Gasteiger partial charge in [0.05, 0.1) is 5.56 Å². The van der Waals surface area contributed by atoms with Crippen LogP contribution in [0.5, 0.6) is 0 Å². The first-order valence-corrected chi connectivity index (χ1v) is 3.96. The van der Waals surface area contributed by atoms with Gasteiger partial charge in [0.25, 0.3) is 0 Å². The number of nitrogen functional groups attached to an aromatic ring is 1. The number of carbonyl (C=O) groups excluding carboxylic acids is 1. The van der Waals surface area contributed by atoms with Crippen molar-refractivity contribution in [3.63, 3.8) is 0 Å². The fraction of sp³-hybridized carbons (Fsp3) is 0.222. The maximum absolute atomic E-state index is 11.7. The molecule has 0 heterocycles. The van der Waals surface area contributed by atoms with Crippen LogP contribution in [-0.2, 0) is 4.74 Å². The molecule has 0 saturated carbocycles. The lowest BCUT2D eigenvalue weighted by Crippen LogP contribution is -2.20. The predicted molar refractivity (Wildman–Crippen MR) is 54.3 cm³/mol. The lowest BCUT2D eigenvalue weighted by atomic mass is 10.1. The average molecular weight is 256 g/mol. The van der Waals surface area contributed by atoms with Crippen molar-refractivity contribution in [2.75, 3.05) is 5.73 Å². The average Bonchev–Trinajstić information content (AvgIpc) is 1.99. The van der Waals surface area contributed by atoms with Crippen molar-refractivity contribution in [3.8, 4) is 0 Å². The molecule has 7 heteroatoms. The van der Waals surface area contributed by atoms with Crippen LogP contribution < -0.4 is 5.73 Å². The van der Waals surface area contributed by atoms with E-state index in [2.05, 4.69) is 4.74 Å². The second kappa shape index (κ2) is 5.07. The fourth-order valence-corrected chi connectivity index (χ4v) is 1.08. The number of benzene rings is 1. The summed E-state index contributed by atoms with van der Waals surface area (Å²) in [4.78, 5) is 11.0. The van der Waals surface area contributed by atoms with E-state index in [0.717, 1.165) is 0 Å². The van der Waals surface area contributed by atoms with E-state index in [-0.39, 0.29) is 18.0 Å². The molecule has 0 aromatic heterocycles. The number of anilines is 1. The van der Waals surface area contributed by atoms with Crippen molar-refractivity contribution >= 4 is 24.1 Å². The summed E-state index contributed by atoms with van der Waals surface area (Å²) in [6, 6.07) is 3.92.